The van der Waals surface area contributed by atoms with E-state index in [9.17, 15) is 15.0 Å². The average molecular weight is 425 g/mol. The fourth-order valence-electron chi connectivity index (χ4n) is 4.95. The highest BCUT2D eigenvalue weighted by Crippen LogP contribution is 2.52. The second kappa shape index (κ2) is 6.77. The third kappa shape index (κ3) is 2.71. The zero-order valence-corrected chi connectivity index (χ0v) is 16.9. The second-order valence-corrected chi connectivity index (χ2v) is 8.35. The summed E-state index contributed by atoms with van der Waals surface area (Å²) in [5.74, 6) is 0.880. The number of carbonyl (C=O) groups is 1. The number of benzene rings is 2. The van der Waals surface area contributed by atoms with Crippen molar-refractivity contribution < 1.29 is 34.0 Å². The number of ether oxygens (including phenoxy) is 4. The van der Waals surface area contributed by atoms with Gasteiger partial charge in [0.15, 0.2) is 11.5 Å². The Morgan fingerprint density at radius 2 is 1.74 bits per heavy atom. The number of rotatable bonds is 3. The number of aliphatic hydroxyl groups is 1. The van der Waals surface area contributed by atoms with Crippen molar-refractivity contribution in [2.45, 2.75) is 31.0 Å². The molecule has 1 unspecified atom stereocenters. The third-order valence-electron chi connectivity index (χ3n) is 6.50. The largest absolute Gasteiger partial charge is 0.507 e. The first kappa shape index (κ1) is 18.8. The van der Waals surface area contributed by atoms with E-state index in [2.05, 4.69) is 0 Å². The van der Waals surface area contributed by atoms with Gasteiger partial charge in [-0.2, -0.15) is 0 Å². The van der Waals surface area contributed by atoms with E-state index in [0.717, 1.165) is 18.4 Å². The number of carbonyl (C=O) groups excluding carboxylic acids is 1. The van der Waals surface area contributed by atoms with Crippen LogP contribution in [-0.4, -0.2) is 55.2 Å². The maximum absolute atomic E-state index is 13.7. The Morgan fingerprint density at radius 1 is 0.968 bits per heavy atom. The van der Waals surface area contributed by atoms with E-state index >= 15 is 0 Å². The summed E-state index contributed by atoms with van der Waals surface area (Å²) in [5, 5.41) is 22.7. The molecule has 1 amide bonds. The standard InChI is InChI=1S/C23H23NO7/c25-18-11-19-13(3-5-29-19)8-16(18)23(27)15-9-20-21(31-7-6-30-20)10-17(15)24(22(23)26)12-14-2-1-4-28-14/h8-11,14,25,27H,1-7,12H2/t14-,23?/m1/s1. The molecule has 0 aliphatic carbocycles. The third-order valence-corrected chi connectivity index (χ3v) is 6.50. The van der Waals surface area contributed by atoms with Crippen LogP contribution in [0.3, 0.4) is 0 Å². The second-order valence-electron chi connectivity index (χ2n) is 8.35. The van der Waals surface area contributed by atoms with Gasteiger partial charge < -0.3 is 34.1 Å². The van der Waals surface area contributed by atoms with Crippen LogP contribution in [0.2, 0.25) is 0 Å². The molecule has 2 atom stereocenters. The summed E-state index contributed by atoms with van der Waals surface area (Å²) in [7, 11) is 0. The quantitative estimate of drug-likeness (QED) is 0.775. The minimum absolute atomic E-state index is 0.102. The topological polar surface area (TPSA) is 97.7 Å². The predicted octanol–water partition coefficient (Wildman–Crippen LogP) is 1.86. The molecule has 8 heteroatoms. The average Bonchev–Trinajstić information content (AvgIpc) is 3.50. The molecule has 162 valence electrons. The maximum Gasteiger partial charge on any atom is 0.268 e. The smallest absolute Gasteiger partial charge is 0.268 e. The van der Waals surface area contributed by atoms with Crippen molar-refractivity contribution in [3.8, 4) is 23.0 Å². The van der Waals surface area contributed by atoms with E-state index in [1.54, 1.807) is 23.1 Å². The molecule has 4 heterocycles. The van der Waals surface area contributed by atoms with Gasteiger partial charge in [0.05, 0.1) is 24.9 Å². The van der Waals surface area contributed by atoms with E-state index < -0.39 is 11.5 Å². The van der Waals surface area contributed by atoms with Crippen LogP contribution in [0.4, 0.5) is 5.69 Å². The molecule has 1 fully saturated rings. The van der Waals surface area contributed by atoms with Crippen LogP contribution in [0, 0.1) is 0 Å². The van der Waals surface area contributed by atoms with Crippen molar-refractivity contribution in [3.05, 3.63) is 41.0 Å². The summed E-state index contributed by atoms with van der Waals surface area (Å²) in [6.45, 7) is 2.30. The molecule has 4 aliphatic heterocycles. The van der Waals surface area contributed by atoms with E-state index in [4.69, 9.17) is 18.9 Å². The molecule has 2 aromatic rings. The van der Waals surface area contributed by atoms with Crippen molar-refractivity contribution >= 4 is 11.6 Å². The predicted molar refractivity (Wildman–Crippen MR) is 109 cm³/mol. The van der Waals surface area contributed by atoms with Crippen LogP contribution in [-0.2, 0) is 21.6 Å². The van der Waals surface area contributed by atoms with Crippen molar-refractivity contribution in [2.24, 2.45) is 0 Å². The summed E-state index contributed by atoms with van der Waals surface area (Å²) < 4.78 is 22.7. The van der Waals surface area contributed by atoms with Gasteiger partial charge in [-0.3, -0.25) is 4.79 Å². The number of hydrogen-bond acceptors (Lipinski definition) is 7. The van der Waals surface area contributed by atoms with Gasteiger partial charge in [-0.1, -0.05) is 0 Å². The normalized spacial score (nSPS) is 26.0. The van der Waals surface area contributed by atoms with E-state index in [1.807, 2.05) is 0 Å². The monoisotopic (exact) mass is 425 g/mol. The minimum atomic E-state index is -2.05. The zero-order chi connectivity index (χ0) is 21.2. The lowest BCUT2D eigenvalue weighted by Crippen LogP contribution is -2.44. The molecular formula is C23H23NO7. The summed E-state index contributed by atoms with van der Waals surface area (Å²) in [6.07, 6.45) is 2.34. The van der Waals surface area contributed by atoms with Gasteiger partial charge in [-0.25, -0.2) is 0 Å². The Bertz CT molecular complexity index is 1080. The Morgan fingerprint density at radius 3 is 2.52 bits per heavy atom. The van der Waals surface area contributed by atoms with Gasteiger partial charge in [0.1, 0.15) is 24.7 Å². The lowest BCUT2D eigenvalue weighted by molar-refractivity contribution is -0.132. The number of anilines is 1. The SMILES string of the molecule is O=C1N(C[C@H]2CCCO2)c2cc3c(cc2C1(O)c1cc2c(cc1O)OCC2)OCCO3. The van der Waals surface area contributed by atoms with Crippen LogP contribution < -0.4 is 19.1 Å². The number of phenols is 1. The minimum Gasteiger partial charge on any atom is -0.507 e. The molecule has 0 bridgehead atoms. The Hall–Kier alpha value is -2.97. The number of nitrogens with zero attached hydrogens (tertiary/aromatic N) is 1. The molecule has 8 nitrogen and oxygen atoms in total. The molecule has 6 rings (SSSR count). The Labute approximate surface area is 178 Å². The van der Waals surface area contributed by atoms with E-state index in [-0.39, 0.29) is 17.4 Å². The molecule has 0 radical (unpaired) electrons. The highest BCUT2D eigenvalue weighted by Gasteiger charge is 2.54. The highest BCUT2D eigenvalue weighted by atomic mass is 16.6. The first-order chi connectivity index (χ1) is 15.1. The van der Waals surface area contributed by atoms with Gasteiger partial charge in [0, 0.05) is 36.3 Å². The van der Waals surface area contributed by atoms with Crippen molar-refractivity contribution in [2.75, 3.05) is 37.9 Å². The molecule has 2 aromatic carbocycles. The van der Waals surface area contributed by atoms with Gasteiger partial charge in [-0.15, -0.1) is 0 Å². The molecular weight excluding hydrogens is 402 g/mol. The molecule has 0 aromatic heterocycles. The number of fused-ring (bicyclic) bond motifs is 3. The number of hydrogen-bond donors (Lipinski definition) is 2. The summed E-state index contributed by atoms with van der Waals surface area (Å²) >= 11 is 0. The number of phenolic OH excluding ortho intramolecular Hbond substituents is 1. The lowest BCUT2D eigenvalue weighted by Gasteiger charge is -2.26. The van der Waals surface area contributed by atoms with Gasteiger partial charge in [0.25, 0.3) is 5.91 Å². The van der Waals surface area contributed by atoms with Gasteiger partial charge in [0.2, 0.25) is 5.60 Å². The van der Waals surface area contributed by atoms with E-state index in [1.165, 1.54) is 6.07 Å². The Kier molecular flexibility index (Phi) is 4.10. The first-order valence-corrected chi connectivity index (χ1v) is 10.6. The highest BCUT2D eigenvalue weighted by molar-refractivity contribution is 6.10. The van der Waals surface area contributed by atoms with Crippen LogP contribution in [0.5, 0.6) is 23.0 Å². The van der Waals surface area contributed by atoms with Crippen molar-refractivity contribution in [3.63, 3.8) is 0 Å². The summed E-state index contributed by atoms with van der Waals surface area (Å²) in [4.78, 5) is 15.3. The zero-order valence-electron chi connectivity index (χ0n) is 16.9. The summed E-state index contributed by atoms with van der Waals surface area (Å²) in [6, 6.07) is 6.54. The molecule has 4 aliphatic rings. The first-order valence-electron chi connectivity index (χ1n) is 10.6. The number of amides is 1. The van der Waals surface area contributed by atoms with Gasteiger partial charge in [-0.05, 0) is 30.5 Å². The van der Waals surface area contributed by atoms with E-state index in [0.29, 0.717) is 67.9 Å². The van der Waals surface area contributed by atoms with Crippen LogP contribution in [0.1, 0.15) is 29.5 Å². The van der Waals surface area contributed by atoms with Gasteiger partial charge >= 0.3 is 0 Å². The fourth-order valence-corrected chi connectivity index (χ4v) is 4.95. The van der Waals surface area contributed by atoms with Crippen molar-refractivity contribution in [1.82, 2.24) is 0 Å². The molecule has 31 heavy (non-hydrogen) atoms. The maximum atomic E-state index is 13.7. The summed E-state index contributed by atoms with van der Waals surface area (Å²) in [5.41, 5.74) is -0.136. The molecule has 2 N–H and O–H groups in total. The molecule has 0 spiro atoms. The number of aromatic hydroxyl groups is 1. The molecule has 0 saturated carbocycles. The molecule has 1 saturated heterocycles. The fraction of sp³-hybridized carbons (Fsp3) is 0.435. The van der Waals surface area contributed by atoms with Crippen LogP contribution in [0.15, 0.2) is 24.3 Å². The lowest BCUT2D eigenvalue weighted by atomic mass is 9.85. The van der Waals surface area contributed by atoms with Crippen molar-refractivity contribution in [1.29, 1.82) is 0 Å². The van der Waals surface area contributed by atoms with Crippen LogP contribution >= 0.6 is 0 Å². The Balaban J connectivity index is 1.52. The van der Waals surface area contributed by atoms with Crippen LogP contribution in [0.25, 0.3) is 0 Å².